The smallest absolute Gasteiger partial charge is 0.388 e. The molecule has 0 radical (unpaired) electrons. The van der Waals surface area contributed by atoms with Gasteiger partial charge in [0.2, 0.25) is 17.5 Å². The van der Waals surface area contributed by atoms with Gasteiger partial charge in [-0.25, -0.2) is 19.5 Å². The van der Waals surface area contributed by atoms with E-state index in [-0.39, 0.29) is 5.82 Å². The molecule has 4 rings (SSSR count). The second-order valence-electron chi connectivity index (χ2n) is 7.33. The van der Waals surface area contributed by atoms with E-state index in [2.05, 4.69) is 30.1 Å². The van der Waals surface area contributed by atoms with E-state index in [1.165, 1.54) is 16.8 Å². The average molecular weight is 417 g/mol. The minimum atomic E-state index is -3.17. The maximum atomic E-state index is 13.6. The van der Waals surface area contributed by atoms with Crippen LogP contribution in [0.5, 0.6) is 5.88 Å². The molecule has 0 fully saturated rings. The zero-order chi connectivity index (χ0) is 21.6. The summed E-state index contributed by atoms with van der Waals surface area (Å²) in [7, 11) is 0. The topological polar surface area (TPSA) is 118 Å². The van der Waals surface area contributed by atoms with Crippen molar-refractivity contribution in [1.29, 1.82) is 5.26 Å². The number of aromatic nitrogens is 5. The number of nitriles is 1. The molecule has 0 bridgehead atoms. The van der Waals surface area contributed by atoms with Crippen LogP contribution in [0.1, 0.15) is 43.1 Å². The van der Waals surface area contributed by atoms with Gasteiger partial charge >= 0.3 is 6.61 Å². The number of fused-ring (bicyclic) bond motifs is 3. The predicted molar refractivity (Wildman–Crippen MR) is 95.3 cm³/mol. The molecule has 30 heavy (non-hydrogen) atoms. The van der Waals surface area contributed by atoms with E-state index in [1.807, 2.05) is 13.8 Å². The zero-order valence-electron chi connectivity index (χ0n) is 15.7. The van der Waals surface area contributed by atoms with Gasteiger partial charge in [0.15, 0.2) is 11.5 Å². The van der Waals surface area contributed by atoms with E-state index in [0.717, 1.165) is 6.20 Å². The summed E-state index contributed by atoms with van der Waals surface area (Å²) in [6.45, 7) is 0.644. The van der Waals surface area contributed by atoms with Gasteiger partial charge in [-0.1, -0.05) is 13.8 Å². The highest BCUT2D eigenvalue weighted by molar-refractivity contribution is 5.96. The first-order chi connectivity index (χ1) is 14.2. The summed E-state index contributed by atoms with van der Waals surface area (Å²) in [6.07, 6.45) is 2.92. The molecule has 12 heteroatoms. The molecule has 0 saturated heterocycles. The number of nitrogens with zero attached hydrogens (tertiary/aromatic N) is 6. The van der Waals surface area contributed by atoms with E-state index in [1.54, 1.807) is 6.07 Å². The van der Waals surface area contributed by atoms with Crippen molar-refractivity contribution in [3.8, 4) is 11.9 Å². The van der Waals surface area contributed by atoms with Crippen molar-refractivity contribution >= 4 is 17.4 Å². The Morgan fingerprint density at radius 3 is 2.87 bits per heavy atom. The van der Waals surface area contributed by atoms with Crippen LogP contribution in [0, 0.1) is 17.3 Å². The number of halogens is 3. The van der Waals surface area contributed by atoms with Gasteiger partial charge in [0.1, 0.15) is 6.07 Å². The van der Waals surface area contributed by atoms with Crippen molar-refractivity contribution < 1.29 is 22.7 Å². The summed E-state index contributed by atoms with van der Waals surface area (Å²) in [5.74, 6) is -2.52. The van der Waals surface area contributed by atoms with Gasteiger partial charge in [-0.2, -0.15) is 18.4 Å². The Labute approximate surface area is 167 Å². The Bertz CT molecular complexity index is 1200. The van der Waals surface area contributed by atoms with Gasteiger partial charge in [-0.05, 0) is 6.42 Å². The number of amides is 1. The van der Waals surface area contributed by atoms with Crippen LogP contribution in [0.3, 0.4) is 0 Å². The molecule has 3 aromatic rings. The molecule has 1 aliphatic carbocycles. The molecular formula is C18H14F3N7O2. The fourth-order valence-corrected chi connectivity index (χ4v) is 3.70. The molecule has 0 aromatic carbocycles. The molecule has 154 valence electrons. The van der Waals surface area contributed by atoms with Gasteiger partial charge in [0.25, 0.3) is 5.88 Å². The van der Waals surface area contributed by atoms with Gasteiger partial charge in [0, 0.05) is 23.2 Å². The Hall–Kier alpha value is -3.75. The monoisotopic (exact) mass is 417 g/mol. The number of alkyl halides is 2. The lowest BCUT2D eigenvalue weighted by atomic mass is 9.88. The van der Waals surface area contributed by atoms with Crippen LogP contribution in [-0.2, 0) is 10.2 Å². The molecule has 0 saturated carbocycles. The lowest BCUT2D eigenvalue weighted by Crippen LogP contribution is -2.22. The SMILES string of the molecule is CC1(C)C[C@H](C(=O)Nc2cnc(OC(F)F)c(C#N)n2)c2cnc3cc(F)nn3c21. The van der Waals surface area contributed by atoms with Crippen LogP contribution in [0.4, 0.5) is 19.0 Å². The molecule has 1 atom stereocenters. The highest BCUT2D eigenvalue weighted by atomic mass is 19.3. The molecule has 1 aliphatic rings. The number of carbonyl (C=O) groups excluding carboxylic acids is 1. The van der Waals surface area contributed by atoms with E-state index < -0.39 is 41.4 Å². The third kappa shape index (κ3) is 3.28. The minimum absolute atomic E-state index is 0.0939. The predicted octanol–water partition coefficient (Wildman–Crippen LogP) is 2.54. The molecule has 3 heterocycles. The zero-order valence-corrected chi connectivity index (χ0v) is 15.7. The van der Waals surface area contributed by atoms with Gasteiger partial charge in [0.05, 0.1) is 17.8 Å². The van der Waals surface area contributed by atoms with Crippen molar-refractivity contribution in [2.45, 2.75) is 38.2 Å². The van der Waals surface area contributed by atoms with E-state index in [4.69, 9.17) is 5.26 Å². The molecule has 3 aromatic heterocycles. The molecule has 0 spiro atoms. The van der Waals surface area contributed by atoms with Gasteiger partial charge < -0.3 is 10.1 Å². The lowest BCUT2D eigenvalue weighted by molar-refractivity contribution is -0.117. The second-order valence-corrected chi connectivity index (χ2v) is 7.33. The van der Waals surface area contributed by atoms with Crippen LogP contribution < -0.4 is 10.1 Å². The maximum absolute atomic E-state index is 13.6. The van der Waals surface area contributed by atoms with Crippen LogP contribution in [0.25, 0.3) is 5.65 Å². The lowest BCUT2D eigenvalue weighted by Gasteiger charge is -2.19. The average Bonchev–Trinajstić information content (AvgIpc) is 3.18. The molecule has 0 aliphatic heterocycles. The van der Waals surface area contributed by atoms with Crippen LogP contribution >= 0.6 is 0 Å². The fourth-order valence-electron chi connectivity index (χ4n) is 3.70. The quantitative estimate of drug-likeness (QED) is 0.693. The van der Waals surface area contributed by atoms with E-state index in [0.29, 0.717) is 23.3 Å². The van der Waals surface area contributed by atoms with Gasteiger partial charge in [-0.15, -0.1) is 5.10 Å². The van der Waals surface area contributed by atoms with Crippen molar-refractivity contribution in [3.63, 3.8) is 0 Å². The maximum Gasteiger partial charge on any atom is 0.388 e. The highest BCUT2D eigenvalue weighted by Gasteiger charge is 2.43. The van der Waals surface area contributed by atoms with Crippen molar-refractivity contribution in [2.24, 2.45) is 0 Å². The normalized spacial score (nSPS) is 17.0. The van der Waals surface area contributed by atoms with Crippen molar-refractivity contribution in [3.05, 3.63) is 41.4 Å². The summed E-state index contributed by atoms with van der Waals surface area (Å²) in [5, 5.41) is 15.4. The highest BCUT2D eigenvalue weighted by Crippen LogP contribution is 2.45. The number of nitrogens with one attached hydrogen (secondary N) is 1. The van der Waals surface area contributed by atoms with Crippen molar-refractivity contribution in [2.75, 3.05) is 5.32 Å². The summed E-state index contributed by atoms with van der Waals surface area (Å²) < 4.78 is 43.9. The van der Waals surface area contributed by atoms with Crippen LogP contribution in [0.15, 0.2) is 18.5 Å². The first-order valence-corrected chi connectivity index (χ1v) is 8.77. The van der Waals surface area contributed by atoms with E-state index >= 15 is 0 Å². The Balaban J connectivity index is 1.65. The number of rotatable bonds is 4. The second kappa shape index (κ2) is 6.94. The first kappa shape index (κ1) is 19.6. The number of anilines is 1. The molecule has 1 amide bonds. The molecule has 0 unspecified atom stereocenters. The van der Waals surface area contributed by atoms with Crippen LogP contribution in [0.2, 0.25) is 0 Å². The van der Waals surface area contributed by atoms with Crippen molar-refractivity contribution in [1.82, 2.24) is 24.6 Å². The summed E-state index contributed by atoms with van der Waals surface area (Å²) >= 11 is 0. The number of hydrogen-bond acceptors (Lipinski definition) is 7. The summed E-state index contributed by atoms with van der Waals surface area (Å²) in [6, 6.07) is 2.80. The molecule has 9 nitrogen and oxygen atoms in total. The largest absolute Gasteiger partial charge is 0.414 e. The number of ether oxygens (including phenoxy) is 1. The van der Waals surface area contributed by atoms with E-state index in [9.17, 15) is 18.0 Å². The number of carbonyl (C=O) groups is 1. The third-order valence-electron chi connectivity index (χ3n) is 4.83. The van der Waals surface area contributed by atoms with Gasteiger partial charge in [-0.3, -0.25) is 4.79 Å². The number of hydrogen-bond donors (Lipinski definition) is 1. The standard InChI is InChI=1S/C18H14F3N7O2/c1-18(2)4-8(9-6-23-13-3-11(19)27-28(13)14(9)18)15(29)26-12-7-24-16(30-17(20)21)10(5-22)25-12/h3,6-8,17H,4H2,1-2H3,(H,25,26,29)/t8-/m0/s1. The third-order valence-corrected chi connectivity index (χ3v) is 4.83. The first-order valence-electron chi connectivity index (χ1n) is 8.77. The minimum Gasteiger partial charge on any atom is -0.414 e. The van der Waals surface area contributed by atoms with Crippen LogP contribution in [-0.4, -0.2) is 37.1 Å². The Morgan fingerprint density at radius 2 is 2.17 bits per heavy atom. The Morgan fingerprint density at radius 1 is 1.40 bits per heavy atom. The molecular weight excluding hydrogens is 403 g/mol. The summed E-state index contributed by atoms with van der Waals surface area (Å²) in [4.78, 5) is 24.5. The molecule has 1 N–H and O–H groups in total. The fraction of sp³-hybridized carbons (Fsp3) is 0.333. The summed E-state index contributed by atoms with van der Waals surface area (Å²) in [5.41, 5.74) is 0.588. The Kier molecular flexibility index (Phi) is 4.53.